The highest BCUT2D eigenvalue weighted by Gasteiger charge is 2.32. The molecule has 1 N–H and O–H groups in total. The first-order valence-electron chi connectivity index (χ1n) is 8.15. The van der Waals surface area contributed by atoms with Crippen molar-refractivity contribution in [2.45, 2.75) is 26.6 Å². The minimum absolute atomic E-state index is 0.364. The molecule has 8 heteroatoms. The maximum Gasteiger partial charge on any atom is 0.433 e. The molecule has 1 aromatic carbocycles. The second-order valence-electron chi connectivity index (χ2n) is 6.06. The van der Waals surface area contributed by atoms with Crippen LogP contribution in [0.15, 0.2) is 36.7 Å². The topological polar surface area (TPSA) is 47.0 Å². The number of methoxy groups -OCH3 is 1. The first kappa shape index (κ1) is 19.2. The molecule has 3 rings (SSSR count). The fourth-order valence-electron chi connectivity index (χ4n) is 2.80. The molecule has 2 heterocycles. The van der Waals surface area contributed by atoms with Crippen molar-refractivity contribution in [3.05, 3.63) is 58.4 Å². The van der Waals surface area contributed by atoms with E-state index >= 15 is 0 Å². The zero-order chi connectivity index (χ0) is 19.6. The number of ether oxygens (including phenoxy) is 1. The summed E-state index contributed by atoms with van der Waals surface area (Å²) in [5.41, 5.74) is 2.49. The number of aromatic nitrogens is 2. The van der Waals surface area contributed by atoms with Gasteiger partial charge in [-0.05, 0) is 49.2 Å². The van der Waals surface area contributed by atoms with Gasteiger partial charge in [-0.25, -0.2) is 4.98 Å². The molecular weight excluding hydrogens is 375 g/mol. The molecule has 0 spiro atoms. The van der Waals surface area contributed by atoms with Crippen LogP contribution in [-0.4, -0.2) is 17.1 Å². The molecule has 0 atom stereocenters. The first-order chi connectivity index (χ1) is 12.8. The molecule has 0 aliphatic heterocycles. The molecule has 0 aliphatic rings. The van der Waals surface area contributed by atoms with Gasteiger partial charge >= 0.3 is 6.18 Å². The fraction of sp³-hybridized carbons (Fsp3) is 0.263. The minimum atomic E-state index is -4.46. The van der Waals surface area contributed by atoms with Gasteiger partial charge in [0.15, 0.2) is 0 Å². The Morgan fingerprint density at radius 1 is 1.11 bits per heavy atom. The number of benzene rings is 1. The van der Waals surface area contributed by atoms with E-state index in [0.717, 1.165) is 44.6 Å². The Bertz CT molecular complexity index is 930. The summed E-state index contributed by atoms with van der Waals surface area (Å²) < 4.78 is 43.6. The Hall–Kier alpha value is -2.61. The number of pyridine rings is 1. The van der Waals surface area contributed by atoms with Crippen molar-refractivity contribution in [2.24, 2.45) is 0 Å². The third-order valence-electron chi connectivity index (χ3n) is 3.98. The van der Waals surface area contributed by atoms with Crippen molar-refractivity contribution in [3.8, 4) is 16.3 Å². The summed E-state index contributed by atoms with van der Waals surface area (Å²) in [7, 11) is 1.64. The second kappa shape index (κ2) is 7.56. The average Bonchev–Trinajstić information content (AvgIpc) is 3.08. The first-order valence-corrected chi connectivity index (χ1v) is 8.97. The number of aryl methyl sites for hydroxylation is 2. The van der Waals surface area contributed by atoms with Crippen molar-refractivity contribution < 1.29 is 17.9 Å². The van der Waals surface area contributed by atoms with Crippen molar-refractivity contribution >= 4 is 17.0 Å². The van der Waals surface area contributed by atoms with Crippen LogP contribution >= 0.6 is 11.3 Å². The average molecular weight is 393 g/mol. The second-order valence-corrected chi connectivity index (χ2v) is 7.17. The number of nitrogens with zero attached hydrogens (tertiary/aromatic N) is 2. The van der Waals surface area contributed by atoms with Gasteiger partial charge in [-0.3, -0.25) is 4.98 Å². The van der Waals surface area contributed by atoms with Crippen LogP contribution in [0.1, 0.15) is 21.7 Å². The standard InChI is InChI=1S/C19H18F3N3OS/c1-11-6-13(7-12(2)17(11)26-3)18-25-10-15(27-18)9-24-14-4-5-23-16(8-14)19(20,21)22/h4-8,10H,9H2,1-3H3,(H,23,24). The van der Waals surface area contributed by atoms with Crippen LogP contribution in [0.2, 0.25) is 0 Å². The smallest absolute Gasteiger partial charge is 0.433 e. The van der Waals surface area contributed by atoms with E-state index in [1.165, 1.54) is 17.4 Å². The van der Waals surface area contributed by atoms with Crippen LogP contribution in [0.3, 0.4) is 0 Å². The monoisotopic (exact) mass is 393 g/mol. The van der Waals surface area contributed by atoms with E-state index in [-0.39, 0.29) is 0 Å². The Labute approximate surface area is 159 Å². The Kier molecular flexibility index (Phi) is 5.36. The molecule has 0 aliphatic carbocycles. The summed E-state index contributed by atoms with van der Waals surface area (Å²) >= 11 is 1.49. The van der Waals surface area contributed by atoms with Gasteiger partial charge in [-0.1, -0.05) is 0 Å². The Morgan fingerprint density at radius 2 is 1.81 bits per heavy atom. The van der Waals surface area contributed by atoms with E-state index in [2.05, 4.69) is 15.3 Å². The molecule has 0 unspecified atom stereocenters. The van der Waals surface area contributed by atoms with Gasteiger partial charge in [0.25, 0.3) is 0 Å². The van der Waals surface area contributed by atoms with E-state index in [9.17, 15) is 13.2 Å². The Balaban J connectivity index is 1.74. The zero-order valence-electron chi connectivity index (χ0n) is 15.0. The molecule has 4 nitrogen and oxygen atoms in total. The highest BCUT2D eigenvalue weighted by Crippen LogP contribution is 2.33. The number of thiazole rings is 1. The van der Waals surface area contributed by atoms with Gasteiger partial charge in [-0.2, -0.15) is 13.2 Å². The molecule has 0 fully saturated rings. The summed E-state index contributed by atoms with van der Waals surface area (Å²) in [5, 5.41) is 3.84. The fourth-order valence-corrected chi connectivity index (χ4v) is 3.64. The lowest BCUT2D eigenvalue weighted by molar-refractivity contribution is -0.141. The lowest BCUT2D eigenvalue weighted by atomic mass is 10.1. The van der Waals surface area contributed by atoms with E-state index < -0.39 is 11.9 Å². The highest BCUT2D eigenvalue weighted by molar-refractivity contribution is 7.15. The number of rotatable bonds is 5. The van der Waals surface area contributed by atoms with Crippen LogP contribution in [0.5, 0.6) is 5.75 Å². The predicted octanol–water partition coefficient (Wildman–Crippen LogP) is 5.46. The van der Waals surface area contributed by atoms with Crippen molar-refractivity contribution in [1.82, 2.24) is 9.97 Å². The van der Waals surface area contributed by atoms with Gasteiger partial charge in [0, 0.05) is 28.5 Å². The molecule has 0 amide bonds. The number of alkyl halides is 3. The summed E-state index contributed by atoms with van der Waals surface area (Å²) in [5.74, 6) is 0.857. The molecule has 142 valence electrons. The zero-order valence-corrected chi connectivity index (χ0v) is 15.8. The molecule has 2 aromatic heterocycles. The SMILES string of the molecule is COc1c(C)cc(-c2ncc(CNc3ccnc(C(F)(F)F)c3)s2)cc1C. The molecule has 0 saturated carbocycles. The molecule has 0 radical (unpaired) electrons. The highest BCUT2D eigenvalue weighted by atomic mass is 32.1. The van der Waals surface area contributed by atoms with Crippen LogP contribution in [0, 0.1) is 13.8 Å². The normalized spacial score (nSPS) is 11.5. The number of anilines is 1. The predicted molar refractivity (Wildman–Crippen MR) is 100 cm³/mol. The lowest BCUT2D eigenvalue weighted by Crippen LogP contribution is -2.08. The van der Waals surface area contributed by atoms with E-state index in [4.69, 9.17) is 4.74 Å². The summed E-state index contributed by atoms with van der Waals surface area (Å²) in [6, 6.07) is 6.53. The quantitative estimate of drug-likeness (QED) is 0.625. The molecular formula is C19H18F3N3OS. The third-order valence-corrected chi connectivity index (χ3v) is 5.03. The molecule has 3 aromatic rings. The third kappa shape index (κ3) is 4.39. The van der Waals surface area contributed by atoms with Gasteiger partial charge in [-0.15, -0.1) is 11.3 Å². The number of hydrogen-bond donors (Lipinski definition) is 1. The lowest BCUT2D eigenvalue weighted by Gasteiger charge is -2.10. The number of hydrogen-bond acceptors (Lipinski definition) is 5. The van der Waals surface area contributed by atoms with Crippen molar-refractivity contribution in [2.75, 3.05) is 12.4 Å². The van der Waals surface area contributed by atoms with Gasteiger partial charge in [0.05, 0.1) is 13.7 Å². The molecule has 27 heavy (non-hydrogen) atoms. The van der Waals surface area contributed by atoms with Crippen LogP contribution in [-0.2, 0) is 12.7 Å². The van der Waals surface area contributed by atoms with Gasteiger partial charge < -0.3 is 10.1 Å². The van der Waals surface area contributed by atoms with Gasteiger partial charge in [0.1, 0.15) is 16.5 Å². The van der Waals surface area contributed by atoms with E-state index in [1.807, 2.05) is 26.0 Å². The Morgan fingerprint density at radius 3 is 2.44 bits per heavy atom. The number of nitrogens with one attached hydrogen (secondary N) is 1. The van der Waals surface area contributed by atoms with Crippen LogP contribution in [0.4, 0.5) is 18.9 Å². The van der Waals surface area contributed by atoms with Crippen LogP contribution in [0.25, 0.3) is 10.6 Å². The van der Waals surface area contributed by atoms with Crippen molar-refractivity contribution in [1.29, 1.82) is 0 Å². The van der Waals surface area contributed by atoms with E-state index in [1.54, 1.807) is 13.3 Å². The van der Waals surface area contributed by atoms with Gasteiger partial charge in [0.2, 0.25) is 0 Å². The minimum Gasteiger partial charge on any atom is -0.496 e. The maximum atomic E-state index is 12.7. The summed E-state index contributed by atoms with van der Waals surface area (Å²) in [4.78, 5) is 8.71. The molecule has 0 saturated heterocycles. The van der Waals surface area contributed by atoms with E-state index in [0.29, 0.717) is 12.2 Å². The molecule has 0 bridgehead atoms. The summed E-state index contributed by atoms with van der Waals surface area (Å²) in [6.07, 6.45) is -1.58. The van der Waals surface area contributed by atoms with Crippen LogP contribution < -0.4 is 10.1 Å². The maximum absolute atomic E-state index is 12.7. The number of halogens is 3. The largest absolute Gasteiger partial charge is 0.496 e. The van der Waals surface area contributed by atoms with Crippen molar-refractivity contribution in [3.63, 3.8) is 0 Å². The summed E-state index contributed by atoms with van der Waals surface area (Å²) in [6.45, 7) is 4.34.